The molecule has 0 bridgehead atoms. The summed E-state index contributed by atoms with van der Waals surface area (Å²) in [5, 5.41) is -0.478. The van der Waals surface area contributed by atoms with E-state index in [1.165, 1.54) is 31.4 Å². The second kappa shape index (κ2) is 10.2. The van der Waals surface area contributed by atoms with Crippen molar-refractivity contribution in [2.75, 3.05) is 11.4 Å². The number of sulfonamides is 1. The molecule has 0 amide bonds. The SMILES string of the molecule is COC(=O)c1ccc(S(=O)(=O)N(Cc2ccc(C(C)C)cc2)c2ncc(C(F)(F)F)cc2Cl)cc1. The Kier molecular flexibility index (Phi) is 7.76. The summed E-state index contributed by atoms with van der Waals surface area (Å²) in [6, 6.07) is 12.7. The highest BCUT2D eigenvalue weighted by Crippen LogP contribution is 2.36. The van der Waals surface area contributed by atoms with E-state index in [1.807, 2.05) is 26.0 Å². The Balaban J connectivity index is 2.09. The molecule has 0 aliphatic heterocycles. The lowest BCUT2D eigenvalue weighted by atomic mass is 10.0. The molecule has 0 aliphatic carbocycles. The molecule has 0 aliphatic rings. The molecule has 6 nitrogen and oxygen atoms in total. The summed E-state index contributed by atoms with van der Waals surface area (Å²) in [5.74, 6) is -0.753. The summed E-state index contributed by atoms with van der Waals surface area (Å²) < 4.78 is 72.0. The van der Waals surface area contributed by atoms with Crippen LogP contribution in [0.2, 0.25) is 5.02 Å². The first-order chi connectivity index (χ1) is 16.3. The fourth-order valence-electron chi connectivity index (χ4n) is 3.22. The maximum absolute atomic E-state index is 13.6. The van der Waals surface area contributed by atoms with Crippen LogP contribution < -0.4 is 4.31 Å². The average Bonchev–Trinajstić information content (AvgIpc) is 2.82. The fourth-order valence-corrected chi connectivity index (χ4v) is 4.97. The van der Waals surface area contributed by atoms with Crippen LogP contribution in [0.3, 0.4) is 0 Å². The topological polar surface area (TPSA) is 76.6 Å². The van der Waals surface area contributed by atoms with Crippen LogP contribution in [0, 0.1) is 0 Å². The Morgan fingerprint density at radius 2 is 1.69 bits per heavy atom. The van der Waals surface area contributed by atoms with E-state index in [4.69, 9.17) is 11.6 Å². The van der Waals surface area contributed by atoms with Crippen molar-refractivity contribution in [2.45, 2.75) is 37.4 Å². The summed E-state index contributed by atoms with van der Waals surface area (Å²) in [7, 11) is -3.15. The van der Waals surface area contributed by atoms with Gasteiger partial charge in [-0.25, -0.2) is 22.5 Å². The number of anilines is 1. The maximum Gasteiger partial charge on any atom is 0.417 e. The van der Waals surface area contributed by atoms with Gasteiger partial charge in [-0.2, -0.15) is 13.2 Å². The van der Waals surface area contributed by atoms with Crippen LogP contribution >= 0.6 is 11.6 Å². The van der Waals surface area contributed by atoms with E-state index in [0.717, 1.165) is 9.87 Å². The van der Waals surface area contributed by atoms with Crippen molar-refractivity contribution in [3.8, 4) is 0 Å². The van der Waals surface area contributed by atoms with Gasteiger partial charge in [-0.05, 0) is 47.4 Å². The van der Waals surface area contributed by atoms with Crippen molar-refractivity contribution in [1.82, 2.24) is 4.98 Å². The Hall–Kier alpha value is -3.11. The molecule has 1 heterocycles. The van der Waals surface area contributed by atoms with Crippen LogP contribution in [0.5, 0.6) is 0 Å². The number of methoxy groups -OCH3 is 1. The van der Waals surface area contributed by atoms with Gasteiger partial charge in [-0.3, -0.25) is 0 Å². The van der Waals surface area contributed by atoms with Gasteiger partial charge in [0.05, 0.1) is 34.7 Å². The Morgan fingerprint density at radius 3 is 2.17 bits per heavy atom. The number of rotatable bonds is 7. The van der Waals surface area contributed by atoms with Gasteiger partial charge in [-0.1, -0.05) is 49.7 Å². The van der Waals surface area contributed by atoms with Crippen LogP contribution in [-0.4, -0.2) is 26.5 Å². The van der Waals surface area contributed by atoms with Crippen molar-refractivity contribution >= 4 is 33.4 Å². The molecule has 3 rings (SSSR count). The summed E-state index contributed by atoms with van der Waals surface area (Å²) >= 11 is 6.11. The van der Waals surface area contributed by atoms with Gasteiger partial charge in [-0.15, -0.1) is 0 Å². The molecule has 0 unspecified atom stereocenters. The molecule has 0 saturated heterocycles. The molecule has 0 spiro atoms. The number of esters is 1. The standard InChI is InChI=1S/C24H22ClF3N2O4S/c1-15(2)17-6-4-16(5-7-17)14-30(22-21(25)12-19(13-29-22)24(26,27)28)35(32,33)20-10-8-18(9-11-20)23(31)34-3/h4-13,15H,14H2,1-3H3. The van der Waals surface area contributed by atoms with E-state index in [-0.39, 0.29) is 28.7 Å². The summed E-state index contributed by atoms with van der Waals surface area (Å²) in [6.45, 7) is 3.78. The maximum atomic E-state index is 13.6. The minimum atomic E-state index is -4.70. The minimum Gasteiger partial charge on any atom is -0.465 e. The quantitative estimate of drug-likeness (QED) is 0.350. The lowest BCUT2D eigenvalue weighted by Crippen LogP contribution is -2.32. The first-order valence-corrected chi connectivity index (χ1v) is 12.2. The lowest BCUT2D eigenvalue weighted by Gasteiger charge is -2.25. The van der Waals surface area contributed by atoms with E-state index < -0.39 is 32.8 Å². The van der Waals surface area contributed by atoms with Crippen LogP contribution in [0.4, 0.5) is 19.0 Å². The monoisotopic (exact) mass is 526 g/mol. The van der Waals surface area contributed by atoms with Gasteiger partial charge in [0.2, 0.25) is 0 Å². The second-order valence-electron chi connectivity index (χ2n) is 7.95. The third kappa shape index (κ3) is 5.94. The van der Waals surface area contributed by atoms with Crippen LogP contribution in [-0.2, 0) is 27.5 Å². The molecule has 0 radical (unpaired) electrons. The predicted octanol–water partition coefficient (Wildman–Crippen LogP) is 6.06. The van der Waals surface area contributed by atoms with E-state index in [2.05, 4.69) is 9.72 Å². The highest BCUT2D eigenvalue weighted by molar-refractivity contribution is 7.92. The molecule has 0 saturated carbocycles. The van der Waals surface area contributed by atoms with Gasteiger partial charge in [0.15, 0.2) is 5.82 Å². The Labute approximate surface area is 206 Å². The number of hydrogen-bond donors (Lipinski definition) is 0. The number of ether oxygens (including phenoxy) is 1. The third-order valence-electron chi connectivity index (χ3n) is 5.22. The zero-order valence-electron chi connectivity index (χ0n) is 19.0. The molecule has 0 fully saturated rings. The minimum absolute atomic E-state index is 0.132. The third-order valence-corrected chi connectivity index (χ3v) is 7.25. The number of pyridine rings is 1. The van der Waals surface area contributed by atoms with Gasteiger partial charge >= 0.3 is 12.1 Å². The number of alkyl halides is 3. The van der Waals surface area contributed by atoms with Crippen LogP contribution in [0.1, 0.15) is 46.8 Å². The fraction of sp³-hybridized carbons (Fsp3) is 0.250. The molecule has 11 heteroatoms. The van der Waals surface area contributed by atoms with Gasteiger partial charge in [0.1, 0.15) is 0 Å². The molecule has 1 aromatic heterocycles. The predicted molar refractivity (Wildman–Crippen MR) is 126 cm³/mol. The second-order valence-corrected chi connectivity index (χ2v) is 10.2. The first kappa shape index (κ1) is 26.5. The lowest BCUT2D eigenvalue weighted by molar-refractivity contribution is -0.137. The largest absolute Gasteiger partial charge is 0.465 e. The van der Waals surface area contributed by atoms with Crippen molar-refractivity contribution in [2.24, 2.45) is 0 Å². The number of carbonyl (C=O) groups is 1. The molecule has 3 aromatic rings. The molecule has 35 heavy (non-hydrogen) atoms. The molecule has 0 N–H and O–H groups in total. The number of benzene rings is 2. The van der Waals surface area contributed by atoms with E-state index in [1.54, 1.807) is 12.1 Å². The summed E-state index contributed by atoms with van der Waals surface area (Å²) in [5.41, 5.74) is 0.634. The van der Waals surface area contributed by atoms with Crippen LogP contribution in [0.15, 0.2) is 65.7 Å². The van der Waals surface area contributed by atoms with Crippen molar-refractivity contribution in [3.63, 3.8) is 0 Å². The van der Waals surface area contributed by atoms with E-state index >= 15 is 0 Å². The first-order valence-electron chi connectivity index (χ1n) is 10.4. The van der Waals surface area contributed by atoms with Gasteiger partial charge in [0, 0.05) is 6.20 Å². The molecule has 0 atom stereocenters. The van der Waals surface area contributed by atoms with Crippen molar-refractivity contribution in [1.29, 1.82) is 0 Å². The summed E-state index contributed by atoms with van der Waals surface area (Å²) in [6.07, 6.45) is -4.17. The zero-order valence-corrected chi connectivity index (χ0v) is 20.6. The van der Waals surface area contributed by atoms with E-state index in [0.29, 0.717) is 17.8 Å². The highest BCUT2D eigenvalue weighted by Gasteiger charge is 2.34. The number of nitrogens with zero attached hydrogens (tertiary/aromatic N) is 2. The smallest absolute Gasteiger partial charge is 0.417 e. The van der Waals surface area contributed by atoms with Crippen molar-refractivity contribution in [3.05, 3.63) is 88.1 Å². The number of carbonyl (C=O) groups excluding carboxylic acids is 1. The average molecular weight is 527 g/mol. The van der Waals surface area contributed by atoms with Gasteiger partial charge < -0.3 is 4.74 Å². The van der Waals surface area contributed by atoms with Gasteiger partial charge in [0.25, 0.3) is 10.0 Å². The zero-order chi connectivity index (χ0) is 26.0. The number of hydrogen-bond acceptors (Lipinski definition) is 5. The Bertz CT molecular complexity index is 1310. The normalized spacial score (nSPS) is 12.0. The summed E-state index contributed by atoms with van der Waals surface area (Å²) in [4.78, 5) is 15.3. The molecule has 2 aromatic carbocycles. The van der Waals surface area contributed by atoms with Crippen molar-refractivity contribution < 1.29 is 31.1 Å². The number of halogens is 4. The Morgan fingerprint density at radius 1 is 1.09 bits per heavy atom. The van der Waals surface area contributed by atoms with E-state index in [9.17, 15) is 26.4 Å². The number of aromatic nitrogens is 1. The molecule has 186 valence electrons. The highest BCUT2D eigenvalue weighted by atomic mass is 35.5. The molecular weight excluding hydrogens is 505 g/mol. The molecular formula is C24H22ClF3N2O4S. The van der Waals surface area contributed by atoms with Crippen LogP contribution in [0.25, 0.3) is 0 Å².